The molecular formula is C16H26N2. The molecule has 2 nitrogen and oxygen atoms in total. The van der Waals surface area contributed by atoms with E-state index < -0.39 is 0 Å². The van der Waals surface area contributed by atoms with Crippen LogP contribution < -0.4 is 5.32 Å². The molecule has 1 saturated heterocycles. The fourth-order valence-corrected chi connectivity index (χ4v) is 2.82. The molecule has 0 radical (unpaired) electrons. The van der Waals surface area contributed by atoms with Gasteiger partial charge in [0.1, 0.15) is 0 Å². The Morgan fingerprint density at radius 2 is 1.89 bits per heavy atom. The van der Waals surface area contributed by atoms with E-state index in [1.54, 1.807) is 0 Å². The van der Waals surface area contributed by atoms with E-state index in [0.717, 1.165) is 19.5 Å². The van der Waals surface area contributed by atoms with Gasteiger partial charge in [-0.1, -0.05) is 38.1 Å². The summed E-state index contributed by atoms with van der Waals surface area (Å²) in [6, 6.07) is 9.18. The van der Waals surface area contributed by atoms with E-state index in [9.17, 15) is 0 Å². The lowest BCUT2D eigenvalue weighted by molar-refractivity contribution is 0.172. The average molecular weight is 246 g/mol. The number of rotatable bonds is 4. The van der Waals surface area contributed by atoms with Crippen molar-refractivity contribution >= 4 is 0 Å². The Bertz CT molecular complexity index is 373. The molecule has 2 heteroatoms. The summed E-state index contributed by atoms with van der Waals surface area (Å²) in [7, 11) is 4.41. The second kappa shape index (κ2) is 5.41. The maximum Gasteiger partial charge on any atom is 0.0380 e. The van der Waals surface area contributed by atoms with Crippen LogP contribution in [0.4, 0.5) is 0 Å². The van der Waals surface area contributed by atoms with Gasteiger partial charge < -0.3 is 10.2 Å². The molecular weight excluding hydrogens is 220 g/mol. The van der Waals surface area contributed by atoms with Crippen LogP contribution >= 0.6 is 0 Å². The summed E-state index contributed by atoms with van der Waals surface area (Å²) in [5, 5.41) is 3.50. The van der Waals surface area contributed by atoms with Crippen LogP contribution in [-0.2, 0) is 6.42 Å². The number of hydrogen-bond donors (Lipinski definition) is 1. The zero-order valence-corrected chi connectivity index (χ0v) is 12.2. The van der Waals surface area contributed by atoms with Crippen molar-refractivity contribution < 1.29 is 0 Å². The first-order valence-corrected chi connectivity index (χ1v) is 7.00. The number of hydrogen-bond acceptors (Lipinski definition) is 2. The van der Waals surface area contributed by atoms with Gasteiger partial charge >= 0.3 is 0 Å². The van der Waals surface area contributed by atoms with Gasteiger partial charge in [0.2, 0.25) is 0 Å². The predicted octanol–water partition coefficient (Wildman–Crippen LogP) is 2.65. The van der Waals surface area contributed by atoms with Gasteiger partial charge in [-0.15, -0.1) is 0 Å². The molecule has 0 spiro atoms. The van der Waals surface area contributed by atoms with E-state index in [4.69, 9.17) is 0 Å². The maximum atomic E-state index is 3.50. The molecule has 0 saturated carbocycles. The van der Waals surface area contributed by atoms with Gasteiger partial charge in [0.25, 0.3) is 0 Å². The average Bonchev–Trinajstić information content (AvgIpc) is 2.79. The first-order valence-electron chi connectivity index (χ1n) is 7.00. The van der Waals surface area contributed by atoms with E-state index in [1.165, 1.54) is 17.5 Å². The van der Waals surface area contributed by atoms with Crippen LogP contribution in [-0.4, -0.2) is 37.6 Å². The van der Waals surface area contributed by atoms with Crippen LogP contribution in [0.5, 0.6) is 0 Å². The largest absolute Gasteiger partial charge is 0.315 e. The summed E-state index contributed by atoms with van der Waals surface area (Å²) in [5.74, 6) is 0.620. The van der Waals surface area contributed by atoms with Crippen molar-refractivity contribution in [3.05, 3.63) is 35.4 Å². The summed E-state index contributed by atoms with van der Waals surface area (Å²) < 4.78 is 0. The molecule has 100 valence electrons. The fourth-order valence-electron chi connectivity index (χ4n) is 2.82. The molecule has 0 amide bonds. The van der Waals surface area contributed by atoms with Crippen molar-refractivity contribution in [2.24, 2.45) is 0 Å². The highest BCUT2D eigenvalue weighted by Crippen LogP contribution is 2.26. The third-order valence-corrected chi connectivity index (χ3v) is 4.35. The van der Waals surface area contributed by atoms with Gasteiger partial charge in [-0.05, 0) is 50.5 Å². The first-order chi connectivity index (χ1) is 8.53. The van der Waals surface area contributed by atoms with Gasteiger partial charge in [0, 0.05) is 12.1 Å². The molecule has 1 unspecified atom stereocenters. The number of likely N-dealkylation sites (N-methyl/N-ethyl adjacent to an activating group) is 1. The van der Waals surface area contributed by atoms with Gasteiger partial charge in [0.05, 0.1) is 0 Å². The maximum absolute atomic E-state index is 3.50. The highest BCUT2D eigenvalue weighted by Gasteiger charge is 2.35. The summed E-state index contributed by atoms with van der Waals surface area (Å²) >= 11 is 0. The van der Waals surface area contributed by atoms with E-state index in [-0.39, 0.29) is 0 Å². The minimum Gasteiger partial charge on any atom is -0.315 e. The third-order valence-electron chi connectivity index (χ3n) is 4.35. The van der Waals surface area contributed by atoms with Crippen molar-refractivity contribution in [2.45, 2.75) is 38.1 Å². The molecule has 1 aliphatic rings. The predicted molar refractivity (Wildman–Crippen MR) is 78.1 cm³/mol. The lowest BCUT2D eigenvalue weighted by Crippen LogP contribution is -2.47. The Hall–Kier alpha value is -0.860. The number of benzene rings is 1. The zero-order valence-electron chi connectivity index (χ0n) is 12.2. The highest BCUT2D eigenvalue weighted by atomic mass is 15.2. The van der Waals surface area contributed by atoms with Gasteiger partial charge in [-0.3, -0.25) is 0 Å². The van der Waals surface area contributed by atoms with Crippen LogP contribution in [0.1, 0.15) is 37.3 Å². The number of nitrogens with zero attached hydrogens (tertiary/aromatic N) is 1. The van der Waals surface area contributed by atoms with Crippen molar-refractivity contribution in [1.82, 2.24) is 10.2 Å². The molecule has 1 atom stereocenters. The second-order valence-electron chi connectivity index (χ2n) is 6.12. The van der Waals surface area contributed by atoms with Crippen LogP contribution in [0, 0.1) is 0 Å². The minimum atomic E-state index is 0.305. The normalized spacial score (nSPS) is 24.1. The van der Waals surface area contributed by atoms with Crippen molar-refractivity contribution in [3.8, 4) is 0 Å². The Kier molecular flexibility index (Phi) is 4.08. The Morgan fingerprint density at radius 3 is 2.33 bits per heavy atom. The van der Waals surface area contributed by atoms with Crippen molar-refractivity contribution in [1.29, 1.82) is 0 Å². The van der Waals surface area contributed by atoms with Gasteiger partial charge in [0.15, 0.2) is 0 Å². The number of nitrogens with one attached hydrogen (secondary N) is 1. The molecule has 1 aromatic carbocycles. The molecule has 1 aromatic rings. The third kappa shape index (κ3) is 2.76. The molecule has 1 N–H and O–H groups in total. The summed E-state index contributed by atoms with van der Waals surface area (Å²) in [4.78, 5) is 2.39. The van der Waals surface area contributed by atoms with Crippen LogP contribution in [0.25, 0.3) is 0 Å². The topological polar surface area (TPSA) is 15.3 Å². The quantitative estimate of drug-likeness (QED) is 0.878. The standard InChI is InChI=1S/C16H26N2/c1-13(2)15-7-5-14(6-8-15)11-16(18(3)4)9-10-17-12-16/h5-8,13,17H,9-12H2,1-4H3. The first kappa shape index (κ1) is 13.6. The fraction of sp³-hybridized carbons (Fsp3) is 0.625. The Morgan fingerprint density at radius 1 is 1.22 bits per heavy atom. The molecule has 0 aromatic heterocycles. The van der Waals surface area contributed by atoms with E-state index in [2.05, 4.69) is 62.4 Å². The van der Waals surface area contributed by atoms with Gasteiger partial charge in [-0.25, -0.2) is 0 Å². The lowest BCUT2D eigenvalue weighted by Gasteiger charge is -2.36. The monoisotopic (exact) mass is 246 g/mol. The van der Waals surface area contributed by atoms with E-state index in [0.29, 0.717) is 11.5 Å². The summed E-state index contributed by atoms with van der Waals surface area (Å²) in [5.41, 5.74) is 3.19. The molecule has 0 bridgehead atoms. The van der Waals surface area contributed by atoms with Crippen molar-refractivity contribution in [2.75, 3.05) is 27.2 Å². The summed E-state index contributed by atoms with van der Waals surface area (Å²) in [6.07, 6.45) is 2.39. The molecule has 1 heterocycles. The molecule has 0 aliphatic carbocycles. The lowest BCUT2D eigenvalue weighted by atomic mass is 9.88. The molecule has 1 fully saturated rings. The Labute approximate surface area is 111 Å². The van der Waals surface area contributed by atoms with Gasteiger partial charge in [-0.2, -0.15) is 0 Å². The summed E-state index contributed by atoms with van der Waals surface area (Å²) in [6.45, 7) is 6.74. The van der Waals surface area contributed by atoms with E-state index in [1.807, 2.05) is 0 Å². The minimum absolute atomic E-state index is 0.305. The van der Waals surface area contributed by atoms with E-state index >= 15 is 0 Å². The van der Waals surface area contributed by atoms with Crippen LogP contribution in [0.2, 0.25) is 0 Å². The Balaban J connectivity index is 2.12. The van der Waals surface area contributed by atoms with Crippen LogP contribution in [0.15, 0.2) is 24.3 Å². The molecule has 2 rings (SSSR count). The smallest absolute Gasteiger partial charge is 0.0380 e. The SMILES string of the molecule is CC(C)c1ccc(CC2(N(C)C)CCNC2)cc1. The van der Waals surface area contributed by atoms with Crippen LogP contribution in [0.3, 0.4) is 0 Å². The highest BCUT2D eigenvalue weighted by molar-refractivity contribution is 5.26. The van der Waals surface area contributed by atoms with Crippen molar-refractivity contribution in [3.63, 3.8) is 0 Å². The molecule has 1 aliphatic heterocycles. The molecule has 18 heavy (non-hydrogen) atoms. The zero-order chi connectivity index (χ0) is 13.2. The second-order valence-corrected chi connectivity index (χ2v) is 6.12.